The number of para-hydroxylation sites is 2. The highest BCUT2D eigenvalue weighted by Gasteiger charge is 2.34. The first kappa shape index (κ1) is 11.7. The lowest BCUT2D eigenvalue weighted by atomic mass is 10.2. The molecule has 0 saturated carbocycles. The van der Waals surface area contributed by atoms with Gasteiger partial charge in [0.15, 0.2) is 0 Å². The number of hydrogen-bond donors (Lipinski definition) is 1. The number of nitrogens with one attached hydrogen (secondary N) is 1. The summed E-state index contributed by atoms with van der Waals surface area (Å²) in [6.07, 6.45) is 2.97. The fourth-order valence-corrected chi connectivity index (χ4v) is 3.67. The van der Waals surface area contributed by atoms with Crippen LogP contribution >= 0.6 is 0 Å². The molecule has 6 heteroatoms. The van der Waals surface area contributed by atoms with Gasteiger partial charge in [0.05, 0.1) is 23.3 Å². The standard InChI is InChI=1S/C12H15N3O2S/c1-18(16,17)15-8-4-7-11(15)12-13-9-5-2-3-6-10(9)14-12/h2-3,5-6,11H,4,7-8H2,1H3,(H,13,14)/t11-/m0/s1. The summed E-state index contributed by atoms with van der Waals surface area (Å²) in [5.41, 5.74) is 1.83. The smallest absolute Gasteiger partial charge is 0.211 e. The molecule has 1 N–H and O–H groups in total. The summed E-state index contributed by atoms with van der Waals surface area (Å²) in [7, 11) is -3.16. The van der Waals surface area contributed by atoms with Crippen molar-refractivity contribution in [2.45, 2.75) is 18.9 Å². The van der Waals surface area contributed by atoms with Crippen molar-refractivity contribution in [2.75, 3.05) is 12.8 Å². The zero-order valence-corrected chi connectivity index (χ0v) is 10.9. The largest absolute Gasteiger partial charge is 0.341 e. The Balaban J connectivity index is 2.03. The fourth-order valence-electron chi connectivity index (χ4n) is 2.54. The predicted molar refractivity (Wildman–Crippen MR) is 69.6 cm³/mol. The molecular formula is C12H15N3O2S. The van der Waals surface area contributed by atoms with Crippen LogP contribution in [-0.4, -0.2) is 35.5 Å². The second kappa shape index (κ2) is 4.07. The van der Waals surface area contributed by atoms with Gasteiger partial charge in [0.1, 0.15) is 5.82 Å². The molecule has 1 fully saturated rings. The first-order valence-electron chi connectivity index (χ1n) is 5.97. The third kappa shape index (κ3) is 1.91. The quantitative estimate of drug-likeness (QED) is 0.898. The van der Waals surface area contributed by atoms with Crippen LogP contribution in [0.4, 0.5) is 0 Å². The van der Waals surface area contributed by atoms with Crippen LogP contribution in [0.25, 0.3) is 11.0 Å². The fraction of sp³-hybridized carbons (Fsp3) is 0.417. The number of rotatable bonds is 2. The Labute approximate surface area is 106 Å². The van der Waals surface area contributed by atoms with Crippen LogP contribution in [0.5, 0.6) is 0 Å². The number of benzene rings is 1. The average Bonchev–Trinajstić information content (AvgIpc) is 2.94. The summed E-state index contributed by atoms with van der Waals surface area (Å²) in [5.74, 6) is 0.749. The topological polar surface area (TPSA) is 66.1 Å². The number of fused-ring (bicyclic) bond motifs is 1. The number of H-pyrrole nitrogens is 1. The molecule has 1 aliphatic rings. The number of imidazole rings is 1. The molecule has 0 radical (unpaired) electrons. The van der Waals surface area contributed by atoms with Crippen LogP contribution in [0.1, 0.15) is 24.7 Å². The number of aromatic amines is 1. The van der Waals surface area contributed by atoms with Gasteiger partial charge in [-0.1, -0.05) is 12.1 Å². The molecule has 1 aliphatic heterocycles. The molecule has 0 bridgehead atoms. The van der Waals surface area contributed by atoms with E-state index in [-0.39, 0.29) is 6.04 Å². The molecule has 2 heterocycles. The van der Waals surface area contributed by atoms with E-state index in [1.807, 2.05) is 24.3 Å². The highest BCUT2D eigenvalue weighted by molar-refractivity contribution is 7.88. The van der Waals surface area contributed by atoms with Crippen LogP contribution in [-0.2, 0) is 10.0 Å². The third-order valence-electron chi connectivity index (χ3n) is 3.35. The minimum atomic E-state index is -3.16. The summed E-state index contributed by atoms with van der Waals surface area (Å²) in [6.45, 7) is 0.584. The van der Waals surface area contributed by atoms with Gasteiger partial charge in [-0.3, -0.25) is 0 Å². The Morgan fingerprint density at radius 2 is 2.17 bits per heavy atom. The zero-order valence-electron chi connectivity index (χ0n) is 10.1. The van der Waals surface area contributed by atoms with Crippen molar-refractivity contribution >= 4 is 21.1 Å². The van der Waals surface area contributed by atoms with Crippen molar-refractivity contribution < 1.29 is 8.42 Å². The summed E-state index contributed by atoms with van der Waals surface area (Å²) >= 11 is 0. The van der Waals surface area contributed by atoms with E-state index in [2.05, 4.69) is 9.97 Å². The van der Waals surface area contributed by atoms with Crippen molar-refractivity contribution in [3.63, 3.8) is 0 Å². The molecule has 1 aromatic heterocycles. The van der Waals surface area contributed by atoms with Gasteiger partial charge in [0, 0.05) is 6.54 Å². The van der Waals surface area contributed by atoms with Gasteiger partial charge in [-0.2, -0.15) is 4.31 Å². The maximum Gasteiger partial charge on any atom is 0.211 e. The third-order valence-corrected chi connectivity index (χ3v) is 4.64. The van der Waals surface area contributed by atoms with Gasteiger partial charge >= 0.3 is 0 Å². The van der Waals surface area contributed by atoms with Gasteiger partial charge in [-0.15, -0.1) is 0 Å². The first-order chi connectivity index (χ1) is 8.55. The van der Waals surface area contributed by atoms with E-state index in [1.54, 1.807) is 0 Å². The van der Waals surface area contributed by atoms with E-state index >= 15 is 0 Å². The number of aromatic nitrogens is 2. The number of sulfonamides is 1. The van der Waals surface area contributed by atoms with Gasteiger partial charge in [-0.05, 0) is 25.0 Å². The molecule has 3 rings (SSSR count). The lowest BCUT2D eigenvalue weighted by molar-refractivity contribution is 0.389. The highest BCUT2D eigenvalue weighted by atomic mass is 32.2. The van der Waals surface area contributed by atoms with Gasteiger partial charge < -0.3 is 4.98 Å². The number of nitrogens with zero attached hydrogens (tertiary/aromatic N) is 2. The normalized spacial score (nSPS) is 21.7. The zero-order chi connectivity index (χ0) is 12.8. The van der Waals surface area contributed by atoms with E-state index in [1.165, 1.54) is 10.6 Å². The number of hydrogen-bond acceptors (Lipinski definition) is 3. The summed E-state index contributed by atoms with van der Waals surface area (Å²) in [5, 5.41) is 0. The maximum absolute atomic E-state index is 11.7. The van der Waals surface area contributed by atoms with E-state index in [4.69, 9.17) is 0 Å². The van der Waals surface area contributed by atoms with Gasteiger partial charge in [0.2, 0.25) is 10.0 Å². The Morgan fingerprint density at radius 3 is 2.89 bits per heavy atom. The van der Waals surface area contributed by atoms with Crippen molar-refractivity contribution in [1.29, 1.82) is 0 Å². The molecule has 1 saturated heterocycles. The lowest BCUT2D eigenvalue weighted by Crippen LogP contribution is -2.29. The van der Waals surface area contributed by atoms with Crippen LogP contribution in [0.2, 0.25) is 0 Å². The van der Waals surface area contributed by atoms with Crippen molar-refractivity contribution in [3.05, 3.63) is 30.1 Å². The molecule has 5 nitrogen and oxygen atoms in total. The molecular weight excluding hydrogens is 250 g/mol. The van der Waals surface area contributed by atoms with Gasteiger partial charge in [-0.25, -0.2) is 13.4 Å². The SMILES string of the molecule is CS(=O)(=O)N1CCC[C@H]1c1nc2ccccc2[nH]1. The predicted octanol–water partition coefficient (Wildman–Crippen LogP) is 1.66. The molecule has 0 aliphatic carbocycles. The summed E-state index contributed by atoms with van der Waals surface area (Å²) < 4.78 is 25.0. The second-order valence-electron chi connectivity index (χ2n) is 4.67. The van der Waals surface area contributed by atoms with E-state index in [0.29, 0.717) is 6.54 Å². The van der Waals surface area contributed by atoms with Crippen LogP contribution in [0.15, 0.2) is 24.3 Å². The molecule has 1 aromatic carbocycles. The highest BCUT2D eigenvalue weighted by Crippen LogP contribution is 2.33. The average molecular weight is 265 g/mol. The van der Waals surface area contributed by atoms with Crippen molar-refractivity contribution in [1.82, 2.24) is 14.3 Å². The molecule has 1 atom stereocenters. The monoisotopic (exact) mass is 265 g/mol. The summed E-state index contributed by atoms with van der Waals surface area (Å²) in [4.78, 5) is 7.72. The Morgan fingerprint density at radius 1 is 1.39 bits per heavy atom. The van der Waals surface area contributed by atoms with Crippen LogP contribution < -0.4 is 0 Å². The Kier molecular flexibility index (Phi) is 2.64. The Bertz CT molecular complexity index is 644. The van der Waals surface area contributed by atoms with Crippen molar-refractivity contribution in [3.8, 4) is 0 Å². The van der Waals surface area contributed by atoms with Crippen molar-refractivity contribution in [2.24, 2.45) is 0 Å². The van der Waals surface area contributed by atoms with E-state index in [0.717, 1.165) is 29.7 Å². The lowest BCUT2D eigenvalue weighted by Gasteiger charge is -2.19. The molecule has 18 heavy (non-hydrogen) atoms. The van der Waals surface area contributed by atoms with Crippen LogP contribution in [0, 0.1) is 0 Å². The maximum atomic E-state index is 11.7. The van der Waals surface area contributed by atoms with E-state index < -0.39 is 10.0 Å². The first-order valence-corrected chi connectivity index (χ1v) is 7.82. The summed E-state index contributed by atoms with van der Waals surface area (Å²) in [6, 6.07) is 7.59. The molecule has 0 unspecified atom stereocenters. The molecule has 0 amide bonds. The molecule has 96 valence electrons. The molecule has 0 spiro atoms. The van der Waals surface area contributed by atoms with E-state index in [9.17, 15) is 8.42 Å². The minimum absolute atomic E-state index is 0.146. The second-order valence-corrected chi connectivity index (χ2v) is 6.61. The minimum Gasteiger partial charge on any atom is -0.341 e. The molecule has 2 aromatic rings. The van der Waals surface area contributed by atoms with Gasteiger partial charge in [0.25, 0.3) is 0 Å². The van der Waals surface area contributed by atoms with Crippen LogP contribution in [0.3, 0.4) is 0 Å². The Hall–Kier alpha value is -1.40.